The van der Waals surface area contributed by atoms with Crippen LogP contribution in [-0.2, 0) is 11.2 Å². The number of amides is 1. The molecule has 0 bridgehead atoms. The maximum absolute atomic E-state index is 12.7. The highest BCUT2D eigenvalue weighted by Gasteiger charge is 2.28. The number of carbonyl (C=O) groups excluding carboxylic acids is 1. The molecule has 0 saturated heterocycles. The van der Waals surface area contributed by atoms with E-state index in [4.69, 9.17) is 0 Å². The Labute approximate surface area is 160 Å². The van der Waals surface area contributed by atoms with E-state index < -0.39 is 5.97 Å². The molecule has 7 nitrogen and oxygen atoms in total. The average molecular weight is 375 g/mol. The smallest absolute Gasteiger partial charge is 0.337 e. The van der Waals surface area contributed by atoms with Crippen LogP contribution >= 0.6 is 0 Å². The molecule has 3 aromatic rings. The molecule has 0 atom stereocenters. The molecular weight excluding hydrogens is 358 g/mol. The highest BCUT2D eigenvalue weighted by atomic mass is 16.4. The Morgan fingerprint density at radius 3 is 2.68 bits per heavy atom. The van der Waals surface area contributed by atoms with Crippen LogP contribution in [0.1, 0.15) is 27.2 Å². The van der Waals surface area contributed by atoms with Crippen molar-refractivity contribution in [1.82, 2.24) is 9.97 Å². The molecule has 0 aliphatic carbocycles. The zero-order valence-electron chi connectivity index (χ0n) is 14.8. The number of fused-ring (bicyclic) bond motifs is 1. The SMILES string of the molecule is O=C1Nc2cccc(-c3ccncc3)c2/C1=C/c1[nH]cc(C(=O)O)c1CCO. The molecule has 1 amide bonds. The number of carboxylic acid groups (broad SMARTS) is 1. The highest BCUT2D eigenvalue weighted by Crippen LogP contribution is 2.40. The number of carboxylic acids is 1. The van der Waals surface area contributed by atoms with Gasteiger partial charge in [0.2, 0.25) is 0 Å². The standard InChI is InChI=1S/C21H17N3O4/c25-9-6-14-16(21(27)28)11-23-18(14)10-15-19-13(12-4-7-22-8-5-12)2-1-3-17(19)24-20(15)26/h1-5,7-8,10-11,23,25H,6,9H2,(H,24,26)(H,27,28)/b15-10-. The number of aromatic amines is 1. The number of nitrogens with zero attached hydrogens (tertiary/aromatic N) is 1. The van der Waals surface area contributed by atoms with Crippen LogP contribution in [0.3, 0.4) is 0 Å². The van der Waals surface area contributed by atoms with Crippen LogP contribution in [0.5, 0.6) is 0 Å². The van der Waals surface area contributed by atoms with Gasteiger partial charge in [-0.25, -0.2) is 4.79 Å². The first-order chi connectivity index (χ1) is 13.6. The molecule has 4 N–H and O–H groups in total. The van der Waals surface area contributed by atoms with E-state index in [0.29, 0.717) is 22.5 Å². The molecule has 7 heteroatoms. The van der Waals surface area contributed by atoms with Crippen molar-refractivity contribution in [3.8, 4) is 11.1 Å². The first-order valence-corrected chi connectivity index (χ1v) is 8.71. The number of anilines is 1. The quantitative estimate of drug-likeness (QED) is 0.512. The summed E-state index contributed by atoms with van der Waals surface area (Å²) >= 11 is 0. The summed E-state index contributed by atoms with van der Waals surface area (Å²) in [5.41, 5.74) is 4.71. The summed E-state index contributed by atoms with van der Waals surface area (Å²) in [7, 11) is 0. The fraction of sp³-hybridized carbons (Fsp3) is 0.0952. The number of rotatable bonds is 5. The molecule has 0 radical (unpaired) electrons. The molecule has 2 aromatic heterocycles. The van der Waals surface area contributed by atoms with Crippen LogP contribution in [0.2, 0.25) is 0 Å². The van der Waals surface area contributed by atoms with Gasteiger partial charge in [-0.3, -0.25) is 9.78 Å². The summed E-state index contributed by atoms with van der Waals surface area (Å²) in [6.07, 6.45) is 6.56. The summed E-state index contributed by atoms with van der Waals surface area (Å²) in [4.78, 5) is 31.1. The Kier molecular flexibility index (Phi) is 4.50. The van der Waals surface area contributed by atoms with E-state index in [1.54, 1.807) is 18.5 Å². The second kappa shape index (κ2) is 7.13. The number of carbonyl (C=O) groups is 2. The first kappa shape index (κ1) is 17.7. The van der Waals surface area contributed by atoms with Crippen molar-refractivity contribution in [2.45, 2.75) is 6.42 Å². The number of nitrogens with one attached hydrogen (secondary N) is 2. The van der Waals surface area contributed by atoms with E-state index in [1.165, 1.54) is 6.20 Å². The van der Waals surface area contributed by atoms with Gasteiger partial charge in [-0.1, -0.05) is 12.1 Å². The van der Waals surface area contributed by atoms with E-state index in [9.17, 15) is 19.8 Å². The lowest BCUT2D eigenvalue weighted by Gasteiger charge is -2.08. The van der Waals surface area contributed by atoms with Crippen LogP contribution in [0.15, 0.2) is 48.9 Å². The van der Waals surface area contributed by atoms with Gasteiger partial charge in [-0.15, -0.1) is 0 Å². The van der Waals surface area contributed by atoms with Crippen LogP contribution in [0, 0.1) is 0 Å². The molecular formula is C21H17N3O4. The van der Waals surface area contributed by atoms with E-state index in [0.717, 1.165) is 16.7 Å². The third kappa shape index (κ3) is 2.97. The molecule has 0 saturated carbocycles. The predicted molar refractivity (Wildman–Crippen MR) is 105 cm³/mol. The molecule has 0 unspecified atom stereocenters. The van der Waals surface area contributed by atoms with Crippen molar-refractivity contribution >= 4 is 29.2 Å². The monoisotopic (exact) mass is 375 g/mol. The average Bonchev–Trinajstić information content (AvgIpc) is 3.24. The number of aromatic carboxylic acids is 1. The third-order valence-electron chi connectivity index (χ3n) is 4.72. The topological polar surface area (TPSA) is 115 Å². The molecule has 140 valence electrons. The van der Waals surface area contributed by atoms with E-state index >= 15 is 0 Å². The molecule has 0 fully saturated rings. The molecule has 28 heavy (non-hydrogen) atoms. The van der Waals surface area contributed by atoms with Gasteiger partial charge >= 0.3 is 5.97 Å². The molecule has 0 spiro atoms. The number of H-pyrrole nitrogens is 1. The van der Waals surface area contributed by atoms with Crippen molar-refractivity contribution in [3.63, 3.8) is 0 Å². The van der Waals surface area contributed by atoms with Gasteiger partial charge in [0.15, 0.2) is 0 Å². The Morgan fingerprint density at radius 1 is 1.18 bits per heavy atom. The second-order valence-electron chi connectivity index (χ2n) is 6.35. The van der Waals surface area contributed by atoms with E-state index in [-0.39, 0.29) is 24.5 Å². The summed E-state index contributed by atoms with van der Waals surface area (Å²) < 4.78 is 0. The Hall–Kier alpha value is -3.71. The number of aliphatic hydroxyl groups excluding tert-OH is 1. The molecule has 1 aliphatic rings. The number of hydrogen-bond donors (Lipinski definition) is 4. The molecule has 1 aliphatic heterocycles. The van der Waals surface area contributed by atoms with Crippen LogP contribution in [0.4, 0.5) is 5.69 Å². The Bertz CT molecular complexity index is 1100. The van der Waals surface area contributed by atoms with Gasteiger partial charge in [0.05, 0.1) is 11.1 Å². The zero-order valence-corrected chi connectivity index (χ0v) is 14.8. The number of aliphatic hydroxyl groups is 1. The van der Waals surface area contributed by atoms with Crippen LogP contribution in [0.25, 0.3) is 22.8 Å². The fourth-order valence-corrected chi connectivity index (χ4v) is 3.47. The summed E-state index contributed by atoms with van der Waals surface area (Å²) in [6.45, 7) is -0.195. The van der Waals surface area contributed by atoms with E-state index in [1.807, 2.05) is 30.3 Å². The van der Waals surface area contributed by atoms with E-state index in [2.05, 4.69) is 15.3 Å². The minimum Gasteiger partial charge on any atom is -0.478 e. The zero-order chi connectivity index (χ0) is 19.7. The minimum absolute atomic E-state index is 0.0851. The van der Waals surface area contributed by atoms with Crippen LogP contribution in [-0.4, -0.2) is 38.7 Å². The Morgan fingerprint density at radius 2 is 1.96 bits per heavy atom. The molecule has 3 heterocycles. The van der Waals surface area contributed by atoms with Gasteiger partial charge in [0.1, 0.15) is 0 Å². The summed E-state index contributed by atoms with van der Waals surface area (Å²) in [5.74, 6) is -1.35. The van der Waals surface area contributed by atoms with Crippen molar-refractivity contribution < 1.29 is 19.8 Å². The number of benzene rings is 1. The van der Waals surface area contributed by atoms with Gasteiger partial charge in [-0.2, -0.15) is 0 Å². The minimum atomic E-state index is -1.09. The molecule has 4 rings (SSSR count). The van der Waals surface area contributed by atoms with Crippen molar-refractivity contribution in [1.29, 1.82) is 0 Å². The lowest BCUT2D eigenvalue weighted by molar-refractivity contribution is -0.110. The van der Waals surface area contributed by atoms with Gasteiger partial charge in [0, 0.05) is 42.1 Å². The number of aromatic nitrogens is 2. The molecule has 1 aromatic carbocycles. The third-order valence-corrected chi connectivity index (χ3v) is 4.72. The maximum atomic E-state index is 12.7. The summed E-state index contributed by atoms with van der Waals surface area (Å²) in [6, 6.07) is 9.35. The van der Waals surface area contributed by atoms with Gasteiger partial charge in [-0.05, 0) is 47.4 Å². The Balaban J connectivity index is 1.89. The normalized spacial score (nSPS) is 14.2. The number of hydrogen-bond acceptors (Lipinski definition) is 4. The summed E-state index contributed by atoms with van der Waals surface area (Å²) in [5, 5.41) is 21.5. The van der Waals surface area contributed by atoms with Gasteiger partial charge in [0.25, 0.3) is 5.91 Å². The largest absolute Gasteiger partial charge is 0.478 e. The maximum Gasteiger partial charge on any atom is 0.337 e. The lowest BCUT2D eigenvalue weighted by Crippen LogP contribution is -2.05. The lowest BCUT2D eigenvalue weighted by atomic mass is 9.94. The van der Waals surface area contributed by atoms with Crippen molar-refractivity contribution in [3.05, 3.63) is 71.3 Å². The highest BCUT2D eigenvalue weighted by molar-refractivity contribution is 6.36. The number of pyridine rings is 1. The first-order valence-electron chi connectivity index (χ1n) is 8.71. The van der Waals surface area contributed by atoms with Gasteiger partial charge < -0.3 is 20.5 Å². The van der Waals surface area contributed by atoms with Crippen molar-refractivity contribution in [2.75, 3.05) is 11.9 Å². The van der Waals surface area contributed by atoms with Crippen molar-refractivity contribution in [2.24, 2.45) is 0 Å². The van der Waals surface area contributed by atoms with Crippen LogP contribution < -0.4 is 5.32 Å². The fourth-order valence-electron chi connectivity index (χ4n) is 3.47. The predicted octanol–water partition coefficient (Wildman–Crippen LogP) is 2.80. The second-order valence-corrected chi connectivity index (χ2v) is 6.35.